The Morgan fingerprint density at radius 2 is 1.77 bits per heavy atom. The maximum absolute atomic E-state index is 12.2. The number of aromatic amines is 1. The van der Waals surface area contributed by atoms with E-state index >= 15 is 0 Å². The number of benzene rings is 1. The molecule has 0 fully saturated rings. The van der Waals surface area contributed by atoms with Gasteiger partial charge in [0, 0.05) is 13.0 Å². The number of nitrogens with one attached hydrogen (secondary N) is 1. The van der Waals surface area contributed by atoms with E-state index in [0.29, 0.717) is 0 Å². The molecule has 1 heterocycles. The maximum Gasteiger partial charge on any atom is 0.347 e. The first-order valence-electron chi connectivity index (χ1n) is 6.98. The number of ether oxygens (including phenoxy) is 1. The Morgan fingerprint density at radius 3 is 2.36 bits per heavy atom. The van der Waals surface area contributed by atoms with Crippen molar-refractivity contribution < 1.29 is 4.74 Å². The minimum atomic E-state index is -0.415. The smallest absolute Gasteiger partial charge is 0.347 e. The highest BCUT2D eigenvalue weighted by molar-refractivity contribution is 5.35. The predicted molar refractivity (Wildman–Crippen MR) is 83.3 cm³/mol. The molecular formula is C16H17N3O3. The Balaban J connectivity index is 2.03. The second-order valence-corrected chi connectivity index (χ2v) is 5.19. The van der Waals surface area contributed by atoms with Crippen LogP contribution in [0.4, 0.5) is 0 Å². The van der Waals surface area contributed by atoms with E-state index in [4.69, 9.17) is 4.74 Å². The zero-order chi connectivity index (χ0) is 15.7. The molecular weight excluding hydrogens is 282 g/mol. The molecule has 0 bridgehead atoms. The molecule has 3 rings (SSSR count). The summed E-state index contributed by atoms with van der Waals surface area (Å²) in [6.45, 7) is 0. The van der Waals surface area contributed by atoms with Crippen LogP contribution in [0.5, 0.6) is 5.75 Å². The molecule has 0 aliphatic heterocycles. The minimum Gasteiger partial charge on any atom is -0.497 e. The summed E-state index contributed by atoms with van der Waals surface area (Å²) in [4.78, 5) is 23.8. The van der Waals surface area contributed by atoms with Crippen LogP contribution in [0.3, 0.4) is 0 Å². The summed E-state index contributed by atoms with van der Waals surface area (Å²) in [5.74, 6) is 0.743. The van der Waals surface area contributed by atoms with E-state index < -0.39 is 5.69 Å². The van der Waals surface area contributed by atoms with E-state index in [1.807, 2.05) is 48.6 Å². The number of nitrogens with zero attached hydrogens (tertiary/aromatic N) is 2. The predicted octanol–water partition coefficient (Wildman–Crippen LogP) is 1.33. The molecule has 1 aromatic carbocycles. The Hall–Kier alpha value is -2.76. The van der Waals surface area contributed by atoms with Gasteiger partial charge in [0.2, 0.25) is 0 Å². The molecule has 0 saturated heterocycles. The third-order valence-electron chi connectivity index (χ3n) is 3.92. The summed E-state index contributed by atoms with van der Waals surface area (Å²) in [6.07, 6.45) is 7.75. The molecule has 1 aromatic heterocycles. The Morgan fingerprint density at radius 1 is 1.09 bits per heavy atom. The van der Waals surface area contributed by atoms with E-state index in [2.05, 4.69) is 5.10 Å². The van der Waals surface area contributed by atoms with Crippen molar-refractivity contribution in [3.05, 3.63) is 75.1 Å². The molecule has 1 aliphatic rings. The molecule has 6 heteroatoms. The normalized spacial score (nSPS) is 20.3. The number of rotatable bonds is 3. The third-order valence-corrected chi connectivity index (χ3v) is 3.92. The fourth-order valence-corrected chi connectivity index (χ4v) is 2.65. The third kappa shape index (κ3) is 2.32. The molecule has 0 radical (unpaired) electrons. The lowest BCUT2D eigenvalue weighted by Crippen LogP contribution is -2.30. The van der Waals surface area contributed by atoms with Crippen LogP contribution in [-0.2, 0) is 7.05 Å². The SMILES string of the molecule is COc1ccc([C@H]2C=CC=C[C@@H]2n2[nH]c(=O)n(C)c2=O)cc1. The molecule has 2 atom stereocenters. The second kappa shape index (κ2) is 5.55. The van der Waals surface area contributed by atoms with Gasteiger partial charge < -0.3 is 4.74 Å². The van der Waals surface area contributed by atoms with Crippen LogP contribution in [-0.4, -0.2) is 21.5 Å². The van der Waals surface area contributed by atoms with Crippen LogP contribution in [0.25, 0.3) is 0 Å². The molecule has 0 unspecified atom stereocenters. The monoisotopic (exact) mass is 299 g/mol. The maximum atomic E-state index is 12.2. The second-order valence-electron chi connectivity index (χ2n) is 5.19. The molecule has 0 amide bonds. The van der Waals surface area contributed by atoms with Crippen molar-refractivity contribution >= 4 is 0 Å². The molecule has 1 aliphatic carbocycles. The summed E-state index contributed by atoms with van der Waals surface area (Å²) in [5.41, 5.74) is 0.276. The van der Waals surface area contributed by atoms with Crippen LogP contribution in [0.15, 0.2) is 58.2 Å². The summed E-state index contributed by atoms with van der Waals surface area (Å²) in [7, 11) is 3.08. The molecule has 114 valence electrons. The standard InChI is InChI=1S/C16H17N3O3/c1-18-15(20)17-19(16(18)21)14-6-4-3-5-13(14)11-7-9-12(22-2)10-8-11/h3-10,13-14H,1-2H3,(H,17,20)/t13-,14+/m1/s1. The van der Waals surface area contributed by atoms with Crippen LogP contribution in [0.1, 0.15) is 17.5 Å². The van der Waals surface area contributed by atoms with Gasteiger partial charge >= 0.3 is 11.4 Å². The van der Waals surface area contributed by atoms with Gasteiger partial charge in [0.1, 0.15) is 5.75 Å². The number of aromatic nitrogens is 3. The summed E-state index contributed by atoms with van der Waals surface area (Å²) < 4.78 is 7.61. The largest absolute Gasteiger partial charge is 0.497 e. The van der Waals surface area contributed by atoms with Crippen LogP contribution in [0.2, 0.25) is 0 Å². The fraction of sp³-hybridized carbons (Fsp3) is 0.250. The molecule has 0 spiro atoms. The van der Waals surface area contributed by atoms with Gasteiger partial charge in [-0.25, -0.2) is 23.9 Å². The first-order valence-corrected chi connectivity index (χ1v) is 6.98. The first kappa shape index (κ1) is 14.2. The number of hydrogen-bond acceptors (Lipinski definition) is 3. The fourth-order valence-electron chi connectivity index (χ4n) is 2.65. The van der Waals surface area contributed by atoms with E-state index in [0.717, 1.165) is 15.9 Å². The van der Waals surface area contributed by atoms with Gasteiger partial charge in [0.25, 0.3) is 0 Å². The lowest BCUT2D eigenvalue weighted by molar-refractivity contribution is 0.414. The van der Waals surface area contributed by atoms with Crippen molar-refractivity contribution in [3.63, 3.8) is 0 Å². The van der Waals surface area contributed by atoms with E-state index in [-0.39, 0.29) is 17.6 Å². The quantitative estimate of drug-likeness (QED) is 0.929. The number of methoxy groups -OCH3 is 1. The van der Waals surface area contributed by atoms with Gasteiger partial charge in [-0.3, -0.25) is 0 Å². The lowest BCUT2D eigenvalue weighted by atomic mass is 9.88. The summed E-state index contributed by atoms with van der Waals surface area (Å²) in [6, 6.07) is 7.43. The molecule has 0 saturated carbocycles. The zero-order valence-corrected chi connectivity index (χ0v) is 12.4. The number of hydrogen-bond donors (Lipinski definition) is 1. The van der Waals surface area contributed by atoms with Gasteiger partial charge in [-0.05, 0) is 17.7 Å². The average Bonchev–Trinajstić information content (AvgIpc) is 2.82. The Bertz CT molecular complexity index is 837. The highest BCUT2D eigenvalue weighted by Crippen LogP contribution is 2.33. The van der Waals surface area contributed by atoms with Gasteiger partial charge in [-0.2, -0.15) is 0 Å². The topological polar surface area (TPSA) is 69.0 Å². The molecule has 6 nitrogen and oxygen atoms in total. The van der Waals surface area contributed by atoms with Crippen molar-refractivity contribution in [2.45, 2.75) is 12.0 Å². The van der Waals surface area contributed by atoms with Crippen molar-refractivity contribution in [2.24, 2.45) is 7.05 Å². The van der Waals surface area contributed by atoms with E-state index in [1.54, 1.807) is 7.11 Å². The first-order chi connectivity index (χ1) is 10.6. The van der Waals surface area contributed by atoms with Crippen molar-refractivity contribution in [1.82, 2.24) is 14.3 Å². The minimum absolute atomic E-state index is 0.0355. The van der Waals surface area contributed by atoms with Gasteiger partial charge in [-0.1, -0.05) is 36.4 Å². The van der Waals surface area contributed by atoms with Crippen molar-refractivity contribution in [1.29, 1.82) is 0 Å². The zero-order valence-electron chi connectivity index (χ0n) is 12.4. The molecule has 2 aromatic rings. The van der Waals surface area contributed by atoms with Gasteiger partial charge in [0.05, 0.1) is 13.2 Å². The number of H-pyrrole nitrogens is 1. The van der Waals surface area contributed by atoms with Gasteiger partial charge in [0.15, 0.2) is 0 Å². The molecule has 22 heavy (non-hydrogen) atoms. The Labute approximate surface area is 126 Å². The summed E-state index contributed by atoms with van der Waals surface area (Å²) in [5, 5.41) is 2.61. The van der Waals surface area contributed by atoms with Crippen molar-refractivity contribution in [3.8, 4) is 5.75 Å². The average molecular weight is 299 g/mol. The Kier molecular flexibility index (Phi) is 3.58. The van der Waals surface area contributed by atoms with E-state index in [9.17, 15) is 9.59 Å². The molecule has 1 N–H and O–H groups in total. The summed E-state index contributed by atoms with van der Waals surface area (Å²) >= 11 is 0. The lowest BCUT2D eigenvalue weighted by Gasteiger charge is -2.24. The highest BCUT2D eigenvalue weighted by atomic mass is 16.5. The van der Waals surface area contributed by atoms with Crippen LogP contribution >= 0.6 is 0 Å². The van der Waals surface area contributed by atoms with Crippen LogP contribution < -0.4 is 16.1 Å². The van der Waals surface area contributed by atoms with Crippen molar-refractivity contribution in [2.75, 3.05) is 7.11 Å². The van der Waals surface area contributed by atoms with Crippen LogP contribution in [0, 0.1) is 0 Å². The van der Waals surface area contributed by atoms with Gasteiger partial charge in [-0.15, -0.1) is 0 Å². The van der Waals surface area contributed by atoms with E-state index in [1.165, 1.54) is 11.7 Å². The highest BCUT2D eigenvalue weighted by Gasteiger charge is 2.25. The number of allylic oxidation sites excluding steroid dienone is 4.